The number of hydrogen-bond donors (Lipinski definition) is 1. The molecule has 1 amide bonds. The molecule has 0 bridgehead atoms. The van der Waals surface area contributed by atoms with Gasteiger partial charge in [-0.2, -0.15) is 0 Å². The van der Waals surface area contributed by atoms with Gasteiger partial charge >= 0.3 is 0 Å². The van der Waals surface area contributed by atoms with Gasteiger partial charge in [-0.3, -0.25) is 4.79 Å². The lowest BCUT2D eigenvalue weighted by molar-refractivity contribution is -0.134. The Morgan fingerprint density at radius 1 is 1.54 bits per heavy atom. The van der Waals surface area contributed by atoms with E-state index in [0.717, 1.165) is 6.42 Å². The summed E-state index contributed by atoms with van der Waals surface area (Å²) in [6.45, 7) is 4.02. The molecule has 0 spiro atoms. The van der Waals surface area contributed by atoms with E-state index in [0.29, 0.717) is 0 Å². The number of hydrogen-bond acceptors (Lipinski definition) is 2. The highest BCUT2D eigenvalue weighted by atomic mass is 16.2. The molecule has 0 radical (unpaired) electrons. The maximum absolute atomic E-state index is 11.8. The predicted molar refractivity (Wildman–Crippen MR) is 53.1 cm³/mol. The Morgan fingerprint density at radius 2 is 2.15 bits per heavy atom. The number of rotatable bonds is 2. The lowest BCUT2D eigenvalue weighted by Crippen LogP contribution is -2.37. The Kier molecular flexibility index (Phi) is 3.09. The van der Waals surface area contributed by atoms with E-state index in [1.165, 1.54) is 0 Å². The molecule has 0 aromatic rings. The normalized spacial score (nSPS) is 26.8. The maximum atomic E-state index is 11.8. The van der Waals surface area contributed by atoms with E-state index in [4.69, 9.17) is 5.73 Å². The van der Waals surface area contributed by atoms with Crippen molar-refractivity contribution in [2.45, 2.75) is 32.4 Å². The summed E-state index contributed by atoms with van der Waals surface area (Å²) in [5, 5.41) is 0. The van der Waals surface area contributed by atoms with Crippen molar-refractivity contribution in [3.8, 4) is 0 Å². The van der Waals surface area contributed by atoms with Crippen LogP contribution in [0.1, 0.15) is 20.3 Å². The number of nitrogens with zero attached hydrogens (tertiary/aromatic N) is 1. The van der Waals surface area contributed by atoms with E-state index >= 15 is 0 Å². The van der Waals surface area contributed by atoms with E-state index in [2.05, 4.69) is 0 Å². The highest BCUT2D eigenvalue weighted by Gasteiger charge is 2.26. The van der Waals surface area contributed by atoms with Crippen LogP contribution in [0.3, 0.4) is 0 Å². The van der Waals surface area contributed by atoms with Crippen LogP contribution >= 0.6 is 0 Å². The predicted octanol–water partition coefficient (Wildman–Crippen LogP) is 0.757. The summed E-state index contributed by atoms with van der Waals surface area (Å²) in [5.74, 6) is 0.182. The lowest BCUT2D eigenvalue weighted by Gasteiger charge is -2.24. The van der Waals surface area contributed by atoms with Crippen molar-refractivity contribution in [2.24, 2.45) is 11.7 Å². The molecule has 3 nitrogen and oxygen atoms in total. The molecule has 0 aliphatic heterocycles. The SMILES string of the molecule is CC(C)N(C)C(=O)C1C=CC(N)C1. The van der Waals surface area contributed by atoms with Crippen LogP contribution in [0.4, 0.5) is 0 Å². The summed E-state index contributed by atoms with van der Waals surface area (Å²) < 4.78 is 0. The summed E-state index contributed by atoms with van der Waals surface area (Å²) in [5.41, 5.74) is 5.68. The van der Waals surface area contributed by atoms with Crippen LogP contribution in [0.5, 0.6) is 0 Å². The topological polar surface area (TPSA) is 46.3 Å². The molecule has 0 aromatic heterocycles. The standard InChI is InChI=1S/C10H18N2O/c1-7(2)12(3)10(13)8-4-5-9(11)6-8/h4-5,7-9H,6,11H2,1-3H3. The fourth-order valence-corrected chi connectivity index (χ4v) is 1.43. The fourth-order valence-electron chi connectivity index (χ4n) is 1.43. The first-order chi connectivity index (χ1) is 6.02. The molecule has 3 heteroatoms. The van der Waals surface area contributed by atoms with Gasteiger partial charge in [-0.25, -0.2) is 0 Å². The van der Waals surface area contributed by atoms with Gasteiger partial charge in [0.25, 0.3) is 0 Å². The molecule has 0 heterocycles. The van der Waals surface area contributed by atoms with Crippen molar-refractivity contribution in [3.05, 3.63) is 12.2 Å². The molecule has 74 valence electrons. The highest BCUT2D eigenvalue weighted by Crippen LogP contribution is 2.19. The van der Waals surface area contributed by atoms with Gasteiger partial charge in [0.05, 0.1) is 5.92 Å². The van der Waals surface area contributed by atoms with Crippen molar-refractivity contribution in [1.29, 1.82) is 0 Å². The second kappa shape index (κ2) is 3.92. The minimum Gasteiger partial charge on any atom is -0.343 e. The van der Waals surface area contributed by atoms with Gasteiger partial charge in [-0.15, -0.1) is 0 Å². The molecule has 0 aromatic carbocycles. The first-order valence-electron chi connectivity index (χ1n) is 4.73. The lowest BCUT2D eigenvalue weighted by atomic mass is 10.1. The van der Waals surface area contributed by atoms with Crippen LogP contribution in [0, 0.1) is 5.92 Å². The minimum atomic E-state index is 0.00222. The molecule has 1 rings (SSSR count). The van der Waals surface area contributed by atoms with Crippen molar-refractivity contribution in [3.63, 3.8) is 0 Å². The van der Waals surface area contributed by atoms with Gasteiger partial charge in [-0.05, 0) is 20.3 Å². The molecule has 1 aliphatic rings. The Bertz CT molecular complexity index is 223. The number of carbonyl (C=O) groups excluding carboxylic acids is 1. The van der Waals surface area contributed by atoms with Crippen molar-refractivity contribution >= 4 is 5.91 Å². The van der Waals surface area contributed by atoms with E-state index in [1.807, 2.05) is 33.0 Å². The summed E-state index contributed by atoms with van der Waals surface area (Å²) in [7, 11) is 1.84. The molecular weight excluding hydrogens is 164 g/mol. The average molecular weight is 182 g/mol. The van der Waals surface area contributed by atoms with Gasteiger partial charge in [0, 0.05) is 19.1 Å². The second-order valence-electron chi connectivity index (χ2n) is 3.93. The molecule has 0 saturated carbocycles. The van der Waals surface area contributed by atoms with E-state index in [1.54, 1.807) is 4.90 Å². The molecule has 13 heavy (non-hydrogen) atoms. The fraction of sp³-hybridized carbons (Fsp3) is 0.700. The molecule has 0 saturated heterocycles. The van der Waals surface area contributed by atoms with Crippen LogP contribution in [0.2, 0.25) is 0 Å². The third-order valence-corrected chi connectivity index (χ3v) is 2.56. The third-order valence-electron chi connectivity index (χ3n) is 2.56. The minimum absolute atomic E-state index is 0.00222. The molecule has 0 fully saturated rings. The Labute approximate surface area is 79.6 Å². The molecule has 2 N–H and O–H groups in total. The van der Waals surface area contributed by atoms with E-state index in [9.17, 15) is 4.79 Å². The summed E-state index contributed by atoms with van der Waals surface area (Å²) in [6.07, 6.45) is 4.60. The van der Waals surface area contributed by atoms with E-state index in [-0.39, 0.29) is 23.9 Å². The van der Waals surface area contributed by atoms with Crippen molar-refractivity contribution in [1.82, 2.24) is 4.90 Å². The highest BCUT2D eigenvalue weighted by molar-refractivity contribution is 5.81. The summed E-state index contributed by atoms with van der Waals surface area (Å²) in [6, 6.07) is 0.326. The molecule has 2 atom stereocenters. The van der Waals surface area contributed by atoms with E-state index < -0.39 is 0 Å². The maximum Gasteiger partial charge on any atom is 0.229 e. The van der Waals surface area contributed by atoms with Gasteiger partial charge in [0.15, 0.2) is 0 Å². The molecule has 1 aliphatic carbocycles. The molecule has 2 unspecified atom stereocenters. The first-order valence-corrected chi connectivity index (χ1v) is 4.73. The van der Waals surface area contributed by atoms with Crippen molar-refractivity contribution < 1.29 is 4.79 Å². The average Bonchev–Trinajstić information content (AvgIpc) is 2.49. The Morgan fingerprint density at radius 3 is 2.54 bits per heavy atom. The zero-order valence-electron chi connectivity index (χ0n) is 8.53. The summed E-state index contributed by atoms with van der Waals surface area (Å²) >= 11 is 0. The number of carbonyl (C=O) groups is 1. The van der Waals surface area contributed by atoms with Crippen LogP contribution < -0.4 is 5.73 Å². The zero-order valence-corrected chi connectivity index (χ0v) is 8.53. The first kappa shape index (κ1) is 10.3. The second-order valence-corrected chi connectivity index (χ2v) is 3.93. The smallest absolute Gasteiger partial charge is 0.229 e. The number of amides is 1. The zero-order chi connectivity index (χ0) is 10.0. The Hall–Kier alpha value is -0.830. The van der Waals surface area contributed by atoms with Crippen LogP contribution in [-0.4, -0.2) is 29.9 Å². The van der Waals surface area contributed by atoms with Gasteiger partial charge in [-0.1, -0.05) is 12.2 Å². The van der Waals surface area contributed by atoms with Gasteiger partial charge in [0.2, 0.25) is 5.91 Å². The summed E-state index contributed by atoms with van der Waals surface area (Å²) in [4.78, 5) is 13.5. The number of nitrogens with two attached hydrogens (primary N) is 1. The largest absolute Gasteiger partial charge is 0.343 e. The van der Waals surface area contributed by atoms with Gasteiger partial charge < -0.3 is 10.6 Å². The van der Waals surface area contributed by atoms with Gasteiger partial charge in [0.1, 0.15) is 0 Å². The quantitative estimate of drug-likeness (QED) is 0.641. The van der Waals surface area contributed by atoms with Crippen LogP contribution in [-0.2, 0) is 4.79 Å². The van der Waals surface area contributed by atoms with Crippen molar-refractivity contribution in [2.75, 3.05) is 7.05 Å². The van der Waals surface area contributed by atoms with Crippen LogP contribution in [0.25, 0.3) is 0 Å². The third kappa shape index (κ3) is 2.31. The van der Waals surface area contributed by atoms with Crippen LogP contribution in [0.15, 0.2) is 12.2 Å². The Balaban J connectivity index is 2.54. The molecular formula is C10H18N2O. The monoisotopic (exact) mass is 182 g/mol.